The first kappa shape index (κ1) is 14.7. The summed E-state index contributed by atoms with van der Waals surface area (Å²) in [6, 6.07) is 15.1. The van der Waals surface area contributed by atoms with E-state index in [1.807, 2.05) is 56.3 Å². The molecule has 2 amide bonds. The summed E-state index contributed by atoms with van der Waals surface area (Å²) in [5.41, 5.74) is 3.61. The number of imide groups is 1. The van der Waals surface area contributed by atoms with Gasteiger partial charge in [-0.3, -0.25) is 9.59 Å². The molecule has 0 aliphatic carbocycles. The number of aryl methyl sites for hydroxylation is 2. The number of thioether (sulfide) groups is 1. The van der Waals surface area contributed by atoms with Gasteiger partial charge in [0.15, 0.2) is 5.37 Å². The summed E-state index contributed by atoms with van der Waals surface area (Å²) in [6.45, 7) is 3.94. The van der Waals surface area contributed by atoms with Gasteiger partial charge in [0, 0.05) is 5.69 Å². The molecule has 0 aromatic heterocycles. The van der Waals surface area contributed by atoms with E-state index in [1.165, 1.54) is 4.90 Å². The van der Waals surface area contributed by atoms with Gasteiger partial charge in [-0.25, -0.2) is 4.90 Å². The molecule has 0 spiro atoms. The highest BCUT2D eigenvalue weighted by Gasteiger charge is 2.40. The molecule has 1 atom stereocenters. The van der Waals surface area contributed by atoms with Crippen molar-refractivity contribution in [3.63, 3.8) is 0 Å². The van der Waals surface area contributed by atoms with Crippen LogP contribution in [0.2, 0.25) is 0 Å². The smallest absolute Gasteiger partial charge is 0.295 e. The van der Waals surface area contributed by atoms with Crippen molar-refractivity contribution in [1.82, 2.24) is 0 Å². The lowest BCUT2D eigenvalue weighted by Gasteiger charge is -2.15. The summed E-state index contributed by atoms with van der Waals surface area (Å²) < 4.78 is 0. The van der Waals surface area contributed by atoms with Crippen molar-refractivity contribution in [2.45, 2.75) is 19.2 Å². The Balaban J connectivity index is 1.81. The Bertz CT molecular complexity index is 728. The molecular weight excluding hydrogens is 296 g/mol. The molecule has 0 bridgehead atoms. The number of amides is 2. The van der Waals surface area contributed by atoms with Gasteiger partial charge in [-0.15, -0.1) is 0 Å². The lowest BCUT2D eigenvalue weighted by molar-refractivity contribution is -0.116. The number of nitrogens with zero attached hydrogens (tertiary/aromatic N) is 1. The molecule has 1 heterocycles. The summed E-state index contributed by atoms with van der Waals surface area (Å²) in [6.07, 6.45) is 0. The predicted molar refractivity (Wildman–Crippen MR) is 90.2 cm³/mol. The summed E-state index contributed by atoms with van der Waals surface area (Å²) in [7, 11) is 0. The number of hydrogen-bond acceptors (Lipinski definition) is 4. The zero-order valence-electron chi connectivity index (χ0n) is 12.4. The fourth-order valence-corrected chi connectivity index (χ4v) is 3.21. The van der Waals surface area contributed by atoms with Crippen LogP contribution < -0.4 is 10.2 Å². The number of hydrogen-bond donors (Lipinski definition) is 1. The summed E-state index contributed by atoms with van der Waals surface area (Å²) >= 11 is 1.01. The van der Waals surface area contributed by atoms with Gasteiger partial charge >= 0.3 is 0 Å². The SMILES string of the molecule is Cc1ccc(N[C@H]2SC(=O)N(c3cccc(C)c3)C2=O)cc1. The van der Waals surface area contributed by atoms with Gasteiger partial charge < -0.3 is 5.32 Å². The van der Waals surface area contributed by atoms with Gasteiger partial charge in [-0.1, -0.05) is 29.8 Å². The third kappa shape index (κ3) is 2.85. The molecule has 0 radical (unpaired) electrons. The van der Waals surface area contributed by atoms with Gasteiger partial charge in [-0.2, -0.15) is 0 Å². The van der Waals surface area contributed by atoms with Crippen LogP contribution in [0.1, 0.15) is 11.1 Å². The largest absolute Gasteiger partial charge is 0.365 e. The zero-order chi connectivity index (χ0) is 15.7. The monoisotopic (exact) mass is 312 g/mol. The fraction of sp³-hybridized carbons (Fsp3) is 0.176. The molecule has 0 saturated carbocycles. The van der Waals surface area contributed by atoms with Crippen LogP contribution in [0.15, 0.2) is 48.5 Å². The zero-order valence-corrected chi connectivity index (χ0v) is 13.2. The topological polar surface area (TPSA) is 49.4 Å². The second kappa shape index (κ2) is 5.85. The maximum atomic E-state index is 12.5. The predicted octanol–water partition coefficient (Wildman–Crippen LogP) is 3.94. The summed E-state index contributed by atoms with van der Waals surface area (Å²) in [4.78, 5) is 25.9. The number of anilines is 2. The van der Waals surface area contributed by atoms with Crippen molar-refractivity contribution in [2.75, 3.05) is 10.2 Å². The van der Waals surface area contributed by atoms with Gasteiger partial charge in [-0.05, 0) is 55.4 Å². The fourth-order valence-electron chi connectivity index (χ4n) is 2.30. The maximum absolute atomic E-state index is 12.5. The van der Waals surface area contributed by atoms with E-state index in [0.717, 1.165) is 28.6 Å². The number of rotatable bonds is 3. The van der Waals surface area contributed by atoms with Crippen LogP contribution in [0.3, 0.4) is 0 Å². The van der Waals surface area contributed by atoms with Crippen molar-refractivity contribution in [3.05, 3.63) is 59.7 Å². The van der Waals surface area contributed by atoms with Crippen molar-refractivity contribution in [2.24, 2.45) is 0 Å². The molecule has 2 aromatic rings. The molecule has 3 rings (SSSR count). The first-order valence-electron chi connectivity index (χ1n) is 6.99. The third-order valence-electron chi connectivity index (χ3n) is 3.46. The minimum absolute atomic E-state index is 0.235. The van der Waals surface area contributed by atoms with Crippen molar-refractivity contribution in [3.8, 4) is 0 Å². The molecule has 112 valence electrons. The molecule has 1 saturated heterocycles. The highest BCUT2D eigenvalue weighted by Crippen LogP contribution is 2.32. The van der Waals surface area contributed by atoms with Crippen molar-refractivity contribution >= 4 is 34.3 Å². The molecule has 1 aliphatic heterocycles. The Hall–Kier alpha value is -2.27. The van der Waals surface area contributed by atoms with Crippen LogP contribution in [0.5, 0.6) is 0 Å². The Labute approximate surface area is 133 Å². The molecule has 22 heavy (non-hydrogen) atoms. The lowest BCUT2D eigenvalue weighted by atomic mass is 10.2. The summed E-state index contributed by atoms with van der Waals surface area (Å²) in [5.74, 6) is -0.235. The second-order valence-corrected chi connectivity index (χ2v) is 6.34. The highest BCUT2D eigenvalue weighted by atomic mass is 32.2. The number of nitrogens with one attached hydrogen (secondary N) is 1. The van der Waals surface area contributed by atoms with E-state index in [9.17, 15) is 9.59 Å². The van der Waals surface area contributed by atoms with Crippen molar-refractivity contribution in [1.29, 1.82) is 0 Å². The first-order valence-corrected chi connectivity index (χ1v) is 7.87. The van der Waals surface area contributed by atoms with E-state index in [1.54, 1.807) is 6.07 Å². The average molecular weight is 312 g/mol. The normalized spacial score (nSPS) is 17.9. The van der Waals surface area contributed by atoms with Gasteiger partial charge in [0.05, 0.1) is 5.69 Å². The molecule has 1 fully saturated rings. The Morgan fingerprint density at radius 2 is 1.73 bits per heavy atom. The van der Waals surface area contributed by atoms with Crippen LogP contribution in [0, 0.1) is 13.8 Å². The summed E-state index contributed by atoms with van der Waals surface area (Å²) in [5, 5.41) is 2.28. The number of benzene rings is 2. The Morgan fingerprint density at radius 3 is 2.41 bits per heavy atom. The Kier molecular flexibility index (Phi) is 3.90. The standard InChI is InChI=1S/C17H16N2O2S/c1-11-6-8-13(9-7-11)18-15-16(20)19(17(21)22-15)14-5-3-4-12(2)10-14/h3-10,15,18H,1-2H3/t15-/m0/s1. The quantitative estimate of drug-likeness (QED) is 0.932. The van der Waals surface area contributed by atoms with Crippen molar-refractivity contribution < 1.29 is 9.59 Å². The van der Waals surface area contributed by atoms with E-state index in [4.69, 9.17) is 0 Å². The first-order chi connectivity index (χ1) is 10.5. The molecule has 4 nitrogen and oxygen atoms in total. The van der Waals surface area contributed by atoms with Crippen LogP contribution in [0.25, 0.3) is 0 Å². The molecule has 0 unspecified atom stereocenters. The number of carbonyl (C=O) groups excluding carboxylic acids is 2. The average Bonchev–Trinajstić information content (AvgIpc) is 2.76. The van der Waals surface area contributed by atoms with E-state index in [0.29, 0.717) is 5.69 Å². The molecule has 1 N–H and O–H groups in total. The van der Waals surface area contributed by atoms with Gasteiger partial charge in [0.1, 0.15) is 0 Å². The Morgan fingerprint density at radius 1 is 1.00 bits per heavy atom. The van der Waals surface area contributed by atoms with Gasteiger partial charge in [0.25, 0.3) is 11.1 Å². The van der Waals surface area contributed by atoms with Crippen LogP contribution in [-0.2, 0) is 4.79 Å². The second-order valence-electron chi connectivity index (χ2n) is 5.29. The number of carbonyl (C=O) groups is 2. The van der Waals surface area contributed by atoms with E-state index in [2.05, 4.69) is 5.32 Å². The van der Waals surface area contributed by atoms with Gasteiger partial charge in [0.2, 0.25) is 0 Å². The van der Waals surface area contributed by atoms with Crippen LogP contribution in [0.4, 0.5) is 16.2 Å². The van der Waals surface area contributed by atoms with E-state index < -0.39 is 5.37 Å². The highest BCUT2D eigenvalue weighted by molar-refractivity contribution is 8.16. The molecular formula is C17H16N2O2S. The maximum Gasteiger partial charge on any atom is 0.295 e. The third-order valence-corrected chi connectivity index (χ3v) is 4.39. The minimum Gasteiger partial charge on any atom is -0.365 e. The van der Waals surface area contributed by atoms with E-state index >= 15 is 0 Å². The molecule has 5 heteroatoms. The van der Waals surface area contributed by atoms with E-state index in [-0.39, 0.29) is 11.1 Å². The molecule has 2 aromatic carbocycles. The molecule has 1 aliphatic rings. The minimum atomic E-state index is -0.587. The van der Waals surface area contributed by atoms with Crippen LogP contribution in [-0.4, -0.2) is 16.5 Å². The van der Waals surface area contributed by atoms with Crippen LogP contribution >= 0.6 is 11.8 Å². The lowest BCUT2D eigenvalue weighted by Crippen LogP contribution is -2.34.